The van der Waals surface area contributed by atoms with E-state index in [0.717, 1.165) is 19.3 Å². The molecule has 1 aliphatic rings. The van der Waals surface area contributed by atoms with Crippen LogP contribution in [0.1, 0.15) is 37.3 Å². The van der Waals surface area contributed by atoms with Crippen molar-refractivity contribution in [1.29, 1.82) is 0 Å². The summed E-state index contributed by atoms with van der Waals surface area (Å²) in [6, 6.07) is 4.93. The molecule has 4 nitrogen and oxygen atoms in total. The normalized spacial score (nSPS) is 16.9. The number of rotatable bonds is 6. The topological polar surface area (TPSA) is 72.2 Å². The Morgan fingerprint density at radius 2 is 2.10 bits per heavy atom. The molecule has 0 amide bonds. The van der Waals surface area contributed by atoms with E-state index in [9.17, 15) is 8.42 Å². The molecule has 0 radical (unpaired) electrons. The van der Waals surface area contributed by atoms with Crippen LogP contribution in [0.4, 0.5) is 0 Å². The SMILES string of the molecule is CCC1(CNS(=O)(=O)c2ccc(C(N)=S)cc2C)CC1. The van der Waals surface area contributed by atoms with Crippen molar-refractivity contribution in [2.24, 2.45) is 11.1 Å². The first kappa shape index (κ1) is 15.4. The van der Waals surface area contributed by atoms with Gasteiger partial charge in [-0.25, -0.2) is 13.1 Å². The molecule has 3 N–H and O–H groups in total. The predicted octanol–water partition coefficient (Wildman–Crippen LogP) is 2.10. The van der Waals surface area contributed by atoms with Crippen molar-refractivity contribution in [1.82, 2.24) is 4.72 Å². The monoisotopic (exact) mass is 312 g/mol. The van der Waals surface area contributed by atoms with Gasteiger partial charge in [0.05, 0.1) is 4.90 Å². The Bertz CT molecular complexity index is 635. The standard InChI is InChI=1S/C14H20N2O2S2/c1-3-14(6-7-14)9-16-20(17,18)12-5-4-11(13(15)19)8-10(12)2/h4-5,8,16H,3,6-7,9H2,1-2H3,(H2,15,19). The van der Waals surface area contributed by atoms with Crippen LogP contribution >= 0.6 is 12.2 Å². The minimum Gasteiger partial charge on any atom is -0.389 e. The zero-order valence-electron chi connectivity index (χ0n) is 11.8. The second-order valence-corrected chi connectivity index (χ2v) is 7.70. The molecule has 0 spiro atoms. The average Bonchev–Trinajstić information content (AvgIpc) is 3.17. The molecule has 0 unspecified atom stereocenters. The van der Waals surface area contributed by atoms with E-state index in [0.29, 0.717) is 22.6 Å². The number of hydrogen-bond donors (Lipinski definition) is 2. The van der Waals surface area contributed by atoms with Gasteiger partial charge in [0.2, 0.25) is 10.0 Å². The highest BCUT2D eigenvalue weighted by molar-refractivity contribution is 7.89. The number of nitrogens with one attached hydrogen (secondary N) is 1. The fourth-order valence-corrected chi connectivity index (χ4v) is 3.77. The highest BCUT2D eigenvalue weighted by Crippen LogP contribution is 2.48. The molecule has 6 heteroatoms. The first-order chi connectivity index (χ1) is 9.30. The summed E-state index contributed by atoms with van der Waals surface area (Å²) in [5, 5.41) is 0. The molecular formula is C14H20N2O2S2. The summed E-state index contributed by atoms with van der Waals surface area (Å²) >= 11 is 4.90. The smallest absolute Gasteiger partial charge is 0.240 e. The van der Waals surface area contributed by atoms with E-state index in [1.165, 1.54) is 0 Å². The van der Waals surface area contributed by atoms with Gasteiger partial charge in [-0.1, -0.05) is 25.2 Å². The van der Waals surface area contributed by atoms with Gasteiger partial charge in [0.1, 0.15) is 4.99 Å². The lowest BCUT2D eigenvalue weighted by Gasteiger charge is -2.15. The Morgan fingerprint density at radius 1 is 1.45 bits per heavy atom. The summed E-state index contributed by atoms with van der Waals surface area (Å²) in [5.41, 5.74) is 7.07. The van der Waals surface area contributed by atoms with Crippen LogP contribution in [-0.2, 0) is 10.0 Å². The Hall–Kier alpha value is -0.980. The van der Waals surface area contributed by atoms with E-state index in [-0.39, 0.29) is 10.4 Å². The minimum atomic E-state index is -3.47. The lowest BCUT2D eigenvalue weighted by Crippen LogP contribution is -2.30. The minimum absolute atomic E-state index is 0.180. The van der Waals surface area contributed by atoms with Gasteiger partial charge in [0.25, 0.3) is 0 Å². The molecule has 1 aromatic carbocycles. The molecule has 0 heterocycles. The number of nitrogens with two attached hydrogens (primary N) is 1. The summed E-state index contributed by atoms with van der Waals surface area (Å²) in [5.74, 6) is 0. The predicted molar refractivity (Wildman–Crippen MR) is 84.2 cm³/mol. The van der Waals surface area contributed by atoms with E-state index >= 15 is 0 Å². The molecule has 0 saturated heterocycles. The van der Waals surface area contributed by atoms with Crippen molar-refractivity contribution in [2.75, 3.05) is 6.54 Å². The van der Waals surface area contributed by atoms with Crippen LogP contribution in [0, 0.1) is 12.3 Å². The van der Waals surface area contributed by atoms with E-state index < -0.39 is 10.0 Å². The summed E-state index contributed by atoms with van der Waals surface area (Å²) in [6.07, 6.45) is 3.21. The van der Waals surface area contributed by atoms with Gasteiger partial charge in [-0.05, 0) is 49.3 Å². The van der Waals surface area contributed by atoms with Crippen molar-refractivity contribution < 1.29 is 8.42 Å². The van der Waals surface area contributed by atoms with Crippen LogP contribution in [-0.4, -0.2) is 20.0 Å². The number of hydrogen-bond acceptors (Lipinski definition) is 3. The second kappa shape index (κ2) is 5.42. The van der Waals surface area contributed by atoms with E-state index in [1.807, 2.05) is 0 Å². The summed E-state index contributed by atoms with van der Waals surface area (Å²) in [4.78, 5) is 0.567. The Kier molecular flexibility index (Phi) is 4.18. The maximum atomic E-state index is 12.3. The molecule has 0 aromatic heterocycles. The van der Waals surface area contributed by atoms with Gasteiger partial charge in [0.15, 0.2) is 0 Å². The fraction of sp³-hybridized carbons (Fsp3) is 0.500. The van der Waals surface area contributed by atoms with Gasteiger partial charge < -0.3 is 5.73 Å². The number of benzene rings is 1. The van der Waals surface area contributed by atoms with Crippen LogP contribution < -0.4 is 10.5 Å². The molecule has 1 aromatic rings. The van der Waals surface area contributed by atoms with Crippen molar-refractivity contribution in [3.8, 4) is 0 Å². The third kappa shape index (κ3) is 3.19. The highest BCUT2D eigenvalue weighted by Gasteiger charge is 2.41. The Labute approximate surface area is 125 Å². The first-order valence-electron chi connectivity index (χ1n) is 6.70. The van der Waals surface area contributed by atoms with Gasteiger partial charge in [-0.15, -0.1) is 0 Å². The van der Waals surface area contributed by atoms with Crippen LogP contribution in [0.25, 0.3) is 0 Å². The quantitative estimate of drug-likeness (QED) is 0.789. The molecule has 1 fully saturated rings. The van der Waals surface area contributed by atoms with Crippen molar-refractivity contribution in [2.45, 2.75) is 38.0 Å². The second-order valence-electron chi connectivity index (χ2n) is 5.52. The van der Waals surface area contributed by atoms with Gasteiger partial charge in [-0.2, -0.15) is 0 Å². The number of sulfonamides is 1. The summed E-state index contributed by atoms with van der Waals surface area (Å²) in [7, 11) is -3.47. The van der Waals surface area contributed by atoms with Crippen molar-refractivity contribution in [3.05, 3.63) is 29.3 Å². The zero-order valence-corrected chi connectivity index (χ0v) is 13.4. The third-order valence-electron chi connectivity index (χ3n) is 4.09. The summed E-state index contributed by atoms with van der Waals surface area (Å²) in [6.45, 7) is 4.37. The average molecular weight is 312 g/mol. The van der Waals surface area contributed by atoms with Crippen molar-refractivity contribution in [3.63, 3.8) is 0 Å². The Morgan fingerprint density at radius 3 is 2.55 bits per heavy atom. The molecule has 1 saturated carbocycles. The van der Waals surface area contributed by atoms with Gasteiger partial charge >= 0.3 is 0 Å². The third-order valence-corrected chi connectivity index (χ3v) is 5.89. The molecular weight excluding hydrogens is 292 g/mol. The van der Waals surface area contributed by atoms with Crippen LogP contribution in [0.3, 0.4) is 0 Å². The molecule has 1 aliphatic carbocycles. The molecule has 20 heavy (non-hydrogen) atoms. The molecule has 2 rings (SSSR count). The first-order valence-corrected chi connectivity index (χ1v) is 8.59. The Balaban J connectivity index is 2.19. The summed E-state index contributed by atoms with van der Waals surface area (Å²) < 4.78 is 27.4. The maximum absolute atomic E-state index is 12.3. The lowest BCUT2D eigenvalue weighted by molar-refractivity contribution is 0.475. The maximum Gasteiger partial charge on any atom is 0.240 e. The highest BCUT2D eigenvalue weighted by atomic mass is 32.2. The van der Waals surface area contributed by atoms with Gasteiger partial charge in [-0.3, -0.25) is 0 Å². The fourth-order valence-electron chi connectivity index (χ4n) is 2.26. The number of aryl methyl sites for hydroxylation is 1. The molecule has 0 bridgehead atoms. The molecule has 0 aliphatic heterocycles. The van der Waals surface area contributed by atoms with Crippen molar-refractivity contribution >= 4 is 27.2 Å². The van der Waals surface area contributed by atoms with E-state index in [1.54, 1.807) is 25.1 Å². The van der Waals surface area contributed by atoms with Crippen LogP contribution in [0.15, 0.2) is 23.1 Å². The van der Waals surface area contributed by atoms with E-state index in [2.05, 4.69) is 11.6 Å². The largest absolute Gasteiger partial charge is 0.389 e. The van der Waals surface area contributed by atoms with E-state index in [4.69, 9.17) is 18.0 Å². The molecule has 0 atom stereocenters. The van der Waals surface area contributed by atoms with Gasteiger partial charge in [0, 0.05) is 12.1 Å². The zero-order chi connectivity index (χ0) is 15.0. The lowest BCUT2D eigenvalue weighted by atomic mass is 10.1. The number of thiocarbonyl (C=S) groups is 1. The molecule has 110 valence electrons. The van der Waals surface area contributed by atoms with Crippen LogP contribution in [0.5, 0.6) is 0 Å². The van der Waals surface area contributed by atoms with Crippen LogP contribution in [0.2, 0.25) is 0 Å².